The van der Waals surface area contributed by atoms with E-state index in [4.69, 9.17) is 23.2 Å². The molecule has 0 bridgehead atoms. The molecule has 0 heterocycles. The predicted molar refractivity (Wildman–Crippen MR) is 107 cm³/mol. The van der Waals surface area contributed by atoms with Gasteiger partial charge in [0, 0.05) is 20.6 Å². The van der Waals surface area contributed by atoms with Crippen LogP contribution >= 0.6 is 39.1 Å². The van der Waals surface area contributed by atoms with Crippen LogP contribution < -0.4 is 5.32 Å². The number of rotatable bonds is 3. The lowest BCUT2D eigenvalue weighted by atomic mass is 9.87. The minimum absolute atomic E-state index is 0.0519. The summed E-state index contributed by atoms with van der Waals surface area (Å²) in [7, 11) is 0. The van der Waals surface area contributed by atoms with Crippen molar-refractivity contribution in [3.05, 3.63) is 68.1 Å². The Morgan fingerprint density at radius 2 is 1.83 bits per heavy atom. The van der Waals surface area contributed by atoms with Gasteiger partial charge in [0.15, 0.2) is 0 Å². The van der Waals surface area contributed by atoms with Gasteiger partial charge < -0.3 is 5.32 Å². The number of carbonyl (C=O) groups is 1. The number of benzene rings is 2. The van der Waals surface area contributed by atoms with E-state index >= 15 is 0 Å². The van der Waals surface area contributed by atoms with Crippen molar-refractivity contribution in [1.82, 2.24) is 0 Å². The van der Waals surface area contributed by atoms with Crippen LogP contribution in [-0.2, 0) is 10.2 Å². The van der Waals surface area contributed by atoms with Gasteiger partial charge in [-0.2, -0.15) is 0 Å². The average Bonchev–Trinajstić information content (AvgIpc) is 2.47. The maximum absolute atomic E-state index is 12.1. The molecule has 2 rings (SSSR count). The summed E-state index contributed by atoms with van der Waals surface area (Å²) in [6, 6.07) is 11.1. The van der Waals surface area contributed by atoms with Gasteiger partial charge in [0.05, 0.1) is 5.69 Å². The highest BCUT2D eigenvalue weighted by atomic mass is 79.9. The van der Waals surface area contributed by atoms with Gasteiger partial charge in [-0.3, -0.25) is 4.79 Å². The molecule has 0 atom stereocenters. The van der Waals surface area contributed by atoms with Crippen molar-refractivity contribution in [2.45, 2.75) is 26.2 Å². The molecule has 0 radical (unpaired) electrons. The molecule has 0 saturated carbocycles. The first-order chi connectivity index (χ1) is 11.2. The Morgan fingerprint density at radius 3 is 2.42 bits per heavy atom. The summed E-state index contributed by atoms with van der Waals surface area (Å²) in [4.78, 5) is 12.1. The predicted octanol–water partition coefficient (Wildman–Crippen LogP) is 6.71. The molecule has 0 aliphatic carbocycles. The number of hydrogen-bond acceptors (Lipinski definition) is 1. The number of amides is 1. The molecule has 0 aliphatic heterocycles. The van der Waals surface area contributed by atoms with Crippen LogP contribution in [0.15, 0.2) is 46.9 Å². The highest BCUT2D eigenvalue weighted by Crippen LogP contribution is 2.30. The molecule has 24 heavy (non-hydrogen) atoms. The molecule has 5 heteroatoms. The first-order valence-electron chi connectivity index (χ1n) is 7.41. The third-order valence-corrected chi connectivity index (χ3v) is 4.69. The monoisotopic (exact) mass is 425 g/mol. The van der Waals surface area contributed by atoms with Crippen LogP contribution in [0, 0.1) is 0 Å². The second-order valence-electron chi connectivity index (χ2n) is 6.43. The molecular weight excluding hydrogens is 409 g/mol. The van der Waals surface area contributed by atoms with Crippen molar-refractivity contribution in [1.29, 1.82) is 0 Å². The maximum atomic E-state index is 12.1. The lowest BCUT2D eigenvalue weighted by Gasteiger charge is -2.20. The molecule has 2 aromatic carbocycles. The SMILES string of the molecule is CC(C)(C)c1ccc(NC(=O)/C=C/c2ccc(Cl)cc2Cl)c(Br)c1. The Morgan fingerprint density at radius 1 is 1.12 bits per heavy atom. The van der Waals surface area contributed by atoms with Crippen molar-refractivity contribution in [3.63, 3.8) is 0 Å². The molecule has 126 valence electrons. The summed E-state index contributed by atoms with van der Waals surface area (Å²) < 4.78 is 0.848. The molecule has 0 aliphatic rings. The third kappa shape index (κ3) is 5.10. The number of halogens is 3. The van der Waals surface area contributed by atoms with Crippen LogP contribution in [0.2, 0.25) is 10.0 Å². The number of nitrogens with one attached hydrogen (secondary N) is 1. The van der Waals surface area contributed by atoms with Crippen LogP contribution in [0.3, 0.4) is 0 Å². The van der Waals surface area contributed by atoms with Crippen molar-refractivity contribution in [2.24, 2.45) is 0 Å². The molecule has 0 saturated heterocycles. The summed E-state index contributed by atoms with van der Waals surface area (Å²) in [5, 5.41) is 3.91. The summed E-state index contributed by atoms with van der Waals surface area (Å²) in [6.07, 6.45) is 3.10. The fourth-order valence-corrected chi connectivity index (χ4v) is 3.01. The van der Waals surface area contributed by atoms with Crippen molar-refractivity contribution in [3.8, 4) is 0 Å². The van der Waals surface area contributed by atoms with Crippen molar-refractivity contribution >= 4 is 56.8 Å². The first kappa shape index (κ1) is 19.0. The van der Waals surface area contributed by atoms with Gasteiger partial charge >= 0.3 is 0 Å². The molecule has 0 spiro atoms. The van der Waals surface area contributed by atoms with E-state index in [0.717, 1.165) is 15.7 Å². The van der Waals surface area contributed by atoms with E-state index in [-0.39, 0.29) is 11.3 Å². The maximum Gasteiger partial charge on any atom is 0.248 e. The summed E-state index contributed by atoms with van der Waals surface area (Å²) in [6.45, 7) is 6.43. The van der Waals surface area contributed by atoms with Crippen LogP contribution in [0.25, 0.3) is 6.08 Å². The molecule has 1 N–H and O–H groups in total. The van der Waals surface area contributed by atoms with E-state index in [9.17, 15) is 4.79 Å². The van der Waals surface area contributed by atoms with Gasteiger partial charge in [0.1, 0.15) is 0 Å². The van der Waals surface area contributed by atoms with Crippen molar-refractivity contribution in [2.75, 3.05) is 5.32 Å². The molecule has 0 aromatic heterocycles. The lowest BCUT2D eigenvalue weighted by molar-refractivity contribution is -0.111. The van der Waals surface area contributed by atoms with Gasteiger partial charge in [0.2, 0.25) is 5.91 Å². The van der Waals surface area contributed by atoms with Gasteiger partial charge in [-0.05, 0) is 62.8 Å². The number of carbonyl (C=O) groups excluding carboxylic acids is 1. The Balaban J connectivity index is 2.11. The average molecular weight is 427 g/mol. The minimum atomic E-state index is -0.231. The highest BCUT2D eigenvalue weighted by molar-refractivity contribution is 9.10. The van der Waals surface area contributed by atoms with Crippen LogP contribution in [0.5, 0.6) is 0 Å². The zero-order chi connectivity index (χ0) is 17.9. The molecular formula is C19H18BrCl2NO. The number of hydrogen-bond donors (Lipinski definition) is 1. The normalized spacial score (nSPS) is 11.8. The molecule has 1 amide bonds. The smallest absolute Gasteiger partial charge is 0.248 e. The Labute approximate surface area is 161 Å². The molecule has 0 unspecified atom stereocenters. The summed E-state index contributed by atoms with van der Waals surface area (Å²) in [5.74, 6) is -0.231. The van der Waals surface area contributed by atoms with Crippen LogP contribution in [0.4, 0.5) is 5.69 Å². The van der Waals surface area contributed by atoms with Gasteiger partial charge in [-0.25, -0.2) is 0 Å². The zero-order valence-corrected chi connectivity index (χ0v) is 16.8. The fraction of sp³-hybridized carbons (Fsp3) is 0.211. The Kier molecular flexibility index (Phi) is 6.13. The minimum Gasteiger partial charge on any atom is -0.321 e. The lowest BCUT2D eigenvalue weighted by Crippen LogP contribution is -2.12. The van der Waals surface area contributed by atoms with E-state index in [2.05, 4.69) is 42.0 Å². The third-order valence-electron chi connectivity index (χ3n) is 3.47. The molecule has 0 fully saturated rings. The summed E-state index contributed by atoms with van der Waals surface area (Å²) >= 11 is 15.4. The van der Waals surface area contributed by atoms with Gasteiger partial charge in [-0.1, -0.05) is 56.1 Å². The standard InChI is InChI=1S/C19H18BrCl2NO/c1-19(2,3)13-6-8-17(15(20)10-13)23-18(24)9-5-12-4-7-14(21)11-16(12)22/h4-11H,1-3H3,(H,23,24)/b9-5+. The zero-order valence-electron chi connectivity index (χ0n) is 13.7. The van der Waals surface area contributed by atoms with E-state index in [0.29, 0.717) is 10.0 Å². The molecule has 2 aromatic rings. The van der Waals surface area contributed by atoms with Crippen LogP contribution in [0.1, 0.15) is 31.9 Å². The second kappa shape index (κ2) is 7.73. The van der Waals surface area contributed by atoms with Crippen LogP contribution in [-0.4, -0.2) is 5.91 Å². The first-order valence-corrected chi connectivity index (χ1v) is 8.96. The molecule has 2 nitrogen and oxygen atoms in total. The van der Waals surface area contributed by atoms with Gasteiger partial charge in [-0.15, -0.1) is 0 Å². The van der Waals surface area contributed by atoms with E-state index in [1.807, 2.05) is 18.2 Å². The topological polar surface area (TPSA) is 29.1 Å². The second-order valence-corrected chi connectivity index (χ2v) is 8.13. The summed E-state index contributed by atoms with van der Waals surface area (Å²) in [5.41, 5.74) is 2.70. The highest BCUT2D eigenvalue weighted by Gasteiger charge is 2.15. The fourth-order valence-electron chi connectivity index (χ4n) is 2.06. The largest absolute Gasteiger partial charge is 0.321 e. The van der Waals surface area contributed by atoms with E-state index < -0.39 is 0 Å². The van der Waals surface area contributed by atoms with Crippen molar-refractivity contribution < 1.29 is 4.79 Å². The van der Waals surface area contributed by atoms with E-state index in [1.165, 1.54) is 11.6 Å². The Hall–Kier alpha value is -1.29. The quantitative estimate of drug-likeness (QED) is 0.543. The van der Waals surface area contributed by atoms with Gasteiger partial charge in [0.25, 0.3) is 0 Å². The number of anilines is 1. The Bertz CT molecular complexity index is 794. The van der Waals surface area contributed by atoms with E-state index in [1.54, 1.807) is 24.3 Å².